The van der Waals surface area contributed by atoms with Crippen LogP contribution < -0.4 is 11.0 Å². The fraction of sp³-hybridized carbons (Fsp3) is 0.550. The Morgan fingerprint density at radius 1 is 1.11 bits per heavy atom. The van der Waals surface area contributed by atoms with E-state index in [1.165, 1.54) is 17.5 Å². The lowest BCUT2D eigenvalue weighted by atomic mass is 9.95. The van der Waals surface area contributed by atoms with Crippen LogP contribution in [0, 0.1) is 0 Å². The van der Waals surface area contributed by atoms with E-state index in [9.17, 15) is 9.59 Å². The highest BCUT2D eigenvalue weighted by Crippen LogP contribution is 2.33. The number of nitrogens with zero attached hydrogens (tertiary/aromatic N) is 4. The Morgan fingerprint density at radius 3 is 2.39 bits per heavy atom. The summed E-state index contributed by atoms with van der Waals surface area (Å²) >= 11 is 5.89. The summed E-state index contributed by atoms with van der Waals surface area (Å²) in [5.74, 6) is 1.12. The molecule has 2 fully saturated rings. The van der Waals surface area contributed by atoms with Crippen LogP contribution in [0.4, 0.5) is 10.5 Å². The molecular weight excluding hydrogens is 378 g/mol. The molecule has 2 aromatic rings. The molecule has 8 heteroatoms. The van der Waals surface area contributed by atoms with Gasteiger partial charge in [-0.3, -0.25) is 4.57 Å². The molecule has 1 aliphatic heterocycles. The summed E-state index contributed by atoms with van der Waals surface area (Å²) in [4.78, 5) is 27.0. The Kier molecular flexibility index (Phi) is 5.44. The van der Waals surface area contributed by atoms with Gasteiger partial charge in [-0.15, -0.1) is 0 Å². The standard InChI is InChI=1S/C20H26ClN5O2/c1-24-20(28)26(17-4-2-3-5-17)18(23-24)14-10-12-25(13-11-14)19(27)22-16-8-6-15(21)7-9-16/h6-9,14,17H,2-5,10-13H2,1H3,(H,22,27). The Labute approximate surface area is 169 Å². The molecule has 2 amide bonds. The number of amides is 2. The van der Waals surface area contributed by atoms with Crippen molar-refractivity contribution in [1.82, 2.24) is 19.2 Å². The molecule has 1 aromatic carbocycles. The molecule has 28 heavy (non-hydrogen) atoms. The molecule has 7 nitrogen and oxygen atoms in total. The smallest absolute Gasteiger partial charge is 0.324 e. The largest absolute Gasteiger partial charge is 0.345 e. The molecule has 0 spiro atoms. The number of aryl methyl sites for hydroxylation is 1. The van der Waals surface area contributed by atoms with Crippen molar-refractivity contribution in [1.29, 1.82) is 0 Å². The molecular formula is C20H26ClN5O2. The number of nitrogens with one attached hydrogen (secondary N) is 1. The zero-order chi connectivity index (χ0) is 19.7. The fourth-order valence-electron chi connectivity index (χ4n) is 4.36. The van der Waals surface area contributed by atoms with Crippen molar-refractivity contribution in [3.05, 3.63) is 45.6 Å². The summed E-state index contributed by atoms with van der Waals surface area (Å²) in [6.07, 6.45) is 6.10. The Bertz CT molecular complexity index is 890. The lowest BCUT2D eigenvalue weighted by Crippen LogP contribution is -2.41. The third-order valence-electron chi connectivity index (χ3n) is 5.91. The van der Waals surface area contributed by atoms with Gasteiger partial charge in [-0.2, -0.15) is 5.10 Å². The summed E-state index contributed by atoms with van der Waals surface area (Å²) < 4.78 is 3.40. The van der Waals surface area contributed by atoms with Crippen molar-refractivity contribution in [3.8, 4) is 0 Å². The van der Waals surface area contributed by atoms with E-state index < -0.39 is 0 Å². The van der Waals surface area contributed by atoms with Crippen LogP contribution in [0.1, 0.15) is 56.3 Å². The quantitative estimate of drug-likeness (QED) is 0.847. The maximum absolute atomic E-state index is 12.6. The first kappa shape index (κ1) is 19.1. The number of halogens is 1. The molecule has 1 aliphatic carbocycles. The van der Waals surface area contributed by atoms with E-state index in [1.807, 2.05) is 9.47 Å². The first-order valence-electron chi connectivity index (χ1n) is 10.00. The predicted octanol–water partition coefficient (Wildman–Crippen LogP) is 3.76. The van der Waals surface area contributed by atoms with Gasteiger partial charge in [0.25, 0.3) is 0 Å². The topological polar surface area (TPSA) is 72.2 Å². The predicted molar refractivity (Wildman–Crippen MR) is 109 cm³/mol. The van der Waals surface area contributed by atoms with Gasteiger partial charge in [0.2, 0.25) is 0 Å². The van der Waals surface area contributed by atoms with Gasteiger partial charge in [-0.1, -0.05) is 24.4 Å². The maximum atomic E-state index is 12.6. The summed E-state index contributed by atoms with van der Waals surface area (Å²) in [5.41, 5.74) is 0.723. The Hall–Kier alpha value is -2.28. The molecule has 0 radical (unpaired) electrons. The molecule has 150 valence electrons. The number of hydrogen-bond donors (Lipinski definition) is 1. The number of urea groups is 1. The van der Waals surface area contributed by atoms with E-state index in [1.54, 1.807) is 31.3 Å². The number of anilines is 1. The van der Waals surface area contributed by atoms with Crippen molar-refractivity contribution in [2.24, 2.45) is 7.05 Å². The van der Waals surface area contributed by atoms with Crippen molar-refractivity contribution in [2.75, 3.05) is 18.4 Å². The first-order chi connectivity index (χ1) is 13.5. The summed E-state index contributed by atoms with van der Waals surface area (Å²) in [6, 6.07) is 7.28. The Balaban J connectivity index is 1.41. The average molecular weight is 404 g/mol. The van der Waals surface area contributed by atoms with Crippen LogP contribution in [-0.2, 0) is 7.05 Å². The number of carbonyl (C=O) groups is 1. The highest BCUT2D eigenvalue weighted by atomic mass is 35.5. The van der Waals surface area contributed by atoms with Crippen LogP contribution in [0.5, 0.6) is 0 Å². The van der Waals surface area contributed by atoms with Gasteiger partial charge in [0.05, 0.1) is 0 Å². The molecule has 1 saturated heterocycles. The van der Waals surface area contributed by atoms with Gasteiger partial charge in [0.1, 0.15) is 5.82 Å². The lowest BCUT2D eigenvalue weighted by molar-refractivity contribution is 0.192. The van der Waals surface area contributed by atoms with Crippen LogP contribution in [-0.4, -0.2) is 38.4 Å². The van der Waals surface area contributed by atoms with Gasteiger partial charge in [-0.05, 0) is 49.9 Å². The van der Waals surface area contributed by atoms with Crippen LogP contribution in [0.25, 0.3) is 0 Å². The van der Waals surface area contributed by atoms with Crippen LogP contribution in [0.3, 0.4) is 0 Å². The first-order valence-corrected chi connectivity index (χ1v) is 10.4. The van der Waals surface area contributed by atoms with Gasteiger partial charge >= 0.3 is 11.7 Å². The second-order valence-corrected chi connectivity index (χ2v) is 8.21. The molecule has 0 atom stereocenters. The van der Waals surface area contributed by atoms with Gasteiger partial charge in [0, 0.05) is 42.8 Å². The van der Waals surface area contributed by atoms with Gasteiger partial charge in [-0.25, -0.2) is 14.3 Å². The number of carbonyl (C=O) groups excluding carboxylic acids is 1. The van der Waals surface area contributed by atoms with E-state index in [0.717, 1.165) is 37.2 Å². The minimum atomic E-state index is -0.102. The zero-order valence-electron chi connectivity index (χ0n) is 16.1. The average Bonchev–Trinajstić information content (AvgIpc) is 3.32. The molecule has 1 saturated carbocycles. The van der Waals surface area contributed by atoms with E-state index in [2.05, 4.69) is 10.4 Å². The van der Waals surface area contributed by atoms with Crippen molar-refractivity contribution >= 4 is 23.3 Å². The maximum Gasteiger partial charge on any atom is 0.345 e. The second-order valence-electron chi connectivity index (χ2n) is 7.77. The molecule has 0 unspecified atom stereocenters. The Morgan fingerprint density at radius 2 is 1.75 bits per heavy atom. The van der Waals surface area contributed by atoms with Crippen molar-refractivity contribution in [3.63, 3.8) is 0 Å². The zero-order valence-corrected chi connectivity index (χ0v) is 16.9. The number of likely N-dealkylation sites (tertiary alicyclic amines) is 1. The lowest BCUT2D eigenvalue weighted by Gasteiger charge is -2.32. The molecule has 1 N–H and O–H groups in total. The number of rotatable bonds is 3. The summed E-state index contributed by atoms with van der Waals surface area (Å²) in [6.45, 7) is 1.30. The van der Waals surface area contributed by atoms with E-state index in [-0.39, 0.29) is 23.7 Å². The fourth-order valence-corrected chi connectivity index (χ4v) is 4.49. The third-order valence-corrected chi connectivity index (χ3v) is 6.17. The minimum Gasteiger partial charge on any atom is -0.324 e. The van der Waals surface area contributed by atoms with Gasteiger partial charge in [0.15, 0.2) is 0 Å². The summed E-state index contributed by atoms with van der Waals surface area (Å²) in [5, 5.41) is 8.12. The van der Waals surface area contributed by atoms with Gasteiger partial charge < -0.3 is 10.2 Å². The number of piperidine rings is 1. The molecule has 2 aliphatic rings. The third kappa shape index (κ3) is 3.81. The monoisotopic (exact) mass is 403 g/mol. The van der Waals surface area contributed by atoms with Crippen LogP contribution >= 0.6 is 11.6 Å². The number of hydrogen-bond acceptors (Lipinski definition) is 3. The minimum absolute atomic E-state index is 0.00943. The van der Waals surface area contributed by atoms with Crippen molar-refractivity contribution < 1.29 is 4.79 Å². The number of aromatic nitrogens is 3. The SMILES string of the molecule is Cn1nc(C2CCN(C(=O)Nc3ccc(Cl)cc3)CC2)n(C2CCCC2)c1=O. The highest BCUT2D eigenvalue weighted by molar-refractivity contribution is 6.30. The van der Waals surface area contributed by atoms with E-state index in [4.69, 9.17) is 11.6 Å². The second kappa shape index (κ2) is 7.99. The van der Waals surface area contributed by atoms with E-state index in [0.29, 0.717) is 18.1 Å². The molecule has 4 rings (SSSR count). The van der Waals surface area contributed by atoms with Crippen LogP contribution in [0.15, 0.2) is 29.1 Å². The normalized spacial score (nSPS) is 18.6. The van der Waals surface area contributed by atoms with Crippen LogP contribution in [0.2, 0.25) is 5.02 Å². The number of benzene rings is 1. The van der Waals surface area contributed by atoms with E-state index >= 15 is 0 Å². The molecule has 1 aromatic heterocycles. The molecule has 2 heterocycles. The summed E-state index contributed by atoms with van der Waals surface area (Å²) in [7, 11) is 1.73. The molecule has 0 bridgehead atoms. The van der Waals surface area contributed by atoms with Crippen molar-refractivity contribution in [2.45, 2.75) is 50.5 Å². The highest BCUT2D eigenvalue weighted by Gasteiger charge is 2.31.